The molecule has 206 valence electrons. The van der Waals surface area contributed by atoms with E-state index in [4.69, 9.17) is 16.3 Å². The second-order valence-corrected chi connectivity index (χ2v) is 11.3. The van der Waals surface area contributed by atoms with Gasteiger partial charge in [-0.1, -0.05) is 113 Å². The fourth-order valence-electron chi connectivity index (χ4n) is 4.56. The largest absolute Gasteiger partial charge is 0.494 e. The number of hydrogen-bond acceptors (Lipinski definition) is 3. The summed E-state index contributed by atoms with van der Waals surface area (Å²) in [5.74, 6) is 0.485. The second-order valence-electron chi connectivity index (χ2n) is 10.2. The molecule has 0 spiro atoms. The van der Waals surface area contributed by atoms with Crippen LogP contribution in [0, 0.1) is 6.92 Å². The third-order valence-electron chi connectivity index (χ3n) is 6.87. The molecule has 0 radical (unpaired) electrons. The molecule has 0 fully saturated rings. The SMILES string of the molecule is CCCCCCCCCCCCCCOc1ccc(C(=O)Nc2cccc(C[n+]3cscc3C)c2)c(Cl)c1. The zero-order valence-corrected chi connectivity index (χ0v) is 24.7. The van der Waals surface area contributed by atoms with Crippen LogP contribution in [-0.4, -0.2) is 12.5 Å². The standard InChI is InChI=1S/C32H43ClN2O2S/c1-3-4-5-6-7-8-9-10-11-12-13-14-20-37-29-18-19-30(31(33)22-29)32(36)34-28-17-15-16-27(21-28)23-35-25-38-24-26(35)2/h15-19,21-22,24-25H,3-14,20,23H2,1-2H3/p+1. The van der Waals surface area contributed by atoms with Gasteiger partial charge in [-0.2, -0.15) is 4.57 Å². The summed E-state index contributed by atoms with van der Waals surface area (Å²) in [6.07, 6.45) is 15.9. The number of ether oxygens (including phenoxy) is 1. The minimum Gasteiger partial charge on any atom is -0.494 e. The number of unbranched alkanes of at least 4 members (excludes halogenated alkanes) is 11. The molecule has 0 bridgehead atoms. The highest BCUT2D eigenvalue weighted by Gasteiger charge is 2.13. The molecule has 4 nitrogen and oxygen atoms in total. The minimum atomic E-state index is -0.223. The number of amides is 1. The monoisotopic (exact) mass is 555 g/mol. The van der Waals surface area contributed by atoms with E-state index in [2.05, 4.69) is 40.7 Å². The lowest BCUT2D eigenvalue weighted by Gasteiger charge is -2.10. The van der Waals surface area contributed by atoms with Crippen LogP contribution in [0.5, 0.6) is 5.75 Å². The van der Waals surface area contributed by atoms with Crippen molar-refractivity contribution in [3.63, 3.8) is 0 Å². The van der Waals surface area contributed by atoms with E-state index in [0.717, 1.165) is 24.2 Å². The highest BCUT2D eigenvalue weighted by atomic mass is 35.5. The number of nitrogens with zero attached hydrogens (tertiary/aromatic N) is 1. The molecule has 6 heteroatoms. The van der Waals surface area contributed by atoms with E-state index in [-0.39, 0.29) is 5.91 Å². The van der Waals surface area contributed by atoms with Crippen LogP contribution in [0.3, 0.4) is 0 Å². The van der Waals surface area contributed by atoms with Crippen molar-refractivity contribution < 1.29 is 14.1 Å². The maximum absolute atomic E-state index is 12.9. The van der Waals surface area contributed by atoms with Crippen molar-refractivity contribution in [3.05, 3.63) is 75.2 Å². The first-order valence-corrected chi connectivity index (χ1v) is 15.6. The lowest BCUT2D eigenvalue weighted by molar-refractivity contribution is -0.689. The normalized spacial score (nSPS) is 11.0. The molecule has 0 aliphatic heterocycles. The molecular formula is C32H44ClN2O2S+. The fourth-order valence-corrected chi connectivity index (χ4v) is 5.60. The predicted molar refractivity (Wildman–Crippen MR) is 161 cm³/mol. The molecule has 1 N–H and O–H groups in total. The fraction of sp³-hybridized carbons (Fsp3) is 0.500. The van der Waals surface area contributed by atoms with Gasteiger partial charge >= 0.3 is 0 Å². The van der Waals surface area contributed by atoms with Crippen molar-refractivity contribution in [3.8, 4) is 5.75 Å². The smallest absolute Gasteiger partial charge is 0.257 e. The van der Waals surface area contributed by atoms with E-state index in [1.807, 2.05) is 24.3 Å². The molecule has 0 saturated heterocycles. The number of rotatable bonds is 18. The van der Waals surface area contributed by atoms with Crippen molar-refractivity contribution in [2.24, 2.45) is 0 Å². The summed E-state index contributed by atoms with van der Waals surface area (Å²) in [5.41, 5.74) is 5.64. The molecule has 0 aliphatic rings. The number of thiazole rings is 1. The Bertz CT molecular complexity index is 1110. The Balaban J connectivity index is 1.33. The van der Waals surface area contributed by atoms with Crippen LogP contribution in [0.2, 0.25) is 5.02 Å². The summed E-state index contributed by atoms with van der Waals surface area (Å²) in [6, 6.07) is 13.2. The van der Waals surface area contributed by atoms with Gasteiger partial charge in [0, 0.05) is 18.2 Å². The molecule has 2 aromatic carbocycles. The first-order valence-electron chi connectivity index (χ1n) is 14.3. The number of carbonyl (C=O) groups excluding carboxylic acids is 1. The van der Waals surface area contributed by atoms with Gasteiger partial charge in [0.05, 0.1) is 22.6 Å². The summed E-state index contributed by atoms with van der Waals surface area (Å²) in [7, 11) is 0. The van der Waals surface area contributed by atoms with Gasteiger partial charge in [0.2, 0.25) is 5.51 Å². The third-order valence-corrected chi connectivity index (χ3v) is 8.04. The van der Waals surface area contributed by atoms with Crippen LogP contribution < -0.4 is 14.6 Å². The minimum absolute atomic E-state index is 0.223. The van der Waals surface area contributed by atoms with Gasteiger partial charge in [0.25, 0.3) is 5.91 Å². The van der Waals surface area contributed by atoms with Gasteiger partial charge in [-0.25, -0.2) is 0 Å². The maximum atomic E-state index is 12.9. The van der Waals surface area contributed by atoms with Crippen molar-refractivity contribution in [2.45, 2.75) is 97.4 Å². The summed E-state index contributed by atoms with van der Waals surface area (Å²) in [6.45, 7) is 5.81. The number of nitrogens with one attached hydrogen (secondary N) is 1. The average Bonchev–Trinajstić information content (AvgIpc) is 3.31. The summed E-state index contributed by atoms with van der Waals surface area (Å²) in [4.78, 5) is 12.9. The van der Waals surface area contributed by atoms with Gasteiger partial charge in [0.1, 0.15) is 5.75 Å². The van der Waals surface area contributed by atoms with E-state index in [1.165, 1.54) is 76.3 Å². The lowest BCUT2D eigenvalue weighted by atomic mass is 10.1. The van der Waals surface area contributed by atoms with E-state index < -0.39 is 0 Å². The van der Waals surface area contributed by atoms with E-state index in [9.17, 15) is 4.79 Å². The Morgan fingerprint density at radius 2 is 1.61 bits per heavy atom. The zero-order valence-electron chi connectivity index (χ0n) is 23.1. The van der Waals surface area contributed by atoms with Gasteiger partial charge in [0.15, 0.2) is 12.2 Å². The average molecular weight is 556 g/mol. The zero-order chi connectivity index (χ0) is 27.0. The number of anilines is 1. The van der Waals surface area contributed by atoms with E-state index in [1.54, 1.807) is 23.5 Å². The molecule has 1 amide bonds. The Morgan fingerprint density at radius 1 is 0.921 bits per heavy atom. The van der Waals surface area contributed by atoms with Crippen LogP contribution in [-0.2, 0) is 6.54 Å². The Kier molecular flexibility index (Phi) is 13.7. The molecule has 0 aliphatic carbocycles. The molecule has 1 heterocycles. The van der Waals surface area contributed by atoms with Crippen LogP contribution in [0.4, 0.5) is 5.69 Å². The third kappa shape index (κ3) is 10.8. The second kappa shape index (κ2) is 17.3. The van der Waals surface area contributed by atoms with Gasteiger partial charge in [-0.3, -0.25) is 4.79 Å². The number of aryl methyl sites for hydroxylation is 1. The number of carbonyl (C=O) groups is 1. The van der Waals surface area contributed by atoms with Crippen LogP contribution in [0.1, 0.15) is 106 Å². The van der Waals surface area contributed by atoms with Crippen LogP contribution >= 0.6 is 22.9 Å². The number of halogens is 1. The van der Waals surface area contributed by atoms with Gasteiger partial charge < -0.3 is 10.1 Å². The summed E-state index contributed by atoms with van der Waals surface area (Å²) in [5, 5.41) is 5.50. The summed E-state index contributed by atoms with van der Waals surface area (Å²) < 4.78 is 8.08. The van der Waals surface area contributed by atoms with Crippen molar-refractivity contribution in [1.29, 1.82) is 0 Å². The van der Waals surface area contributed by atoms with Crippen molar-refractivity contribution >= 4 is 34.5 Å². The lowest BCUT2D eigenvalue weighted by Crippen LogP contribution is -2.34. The first-order chi connectivity index (χ1) is 18.6. The van der Waals surface area contributed by atoms with Crippen molar-refractivity contribution in [2.75, 3.05) is 11.9 Å². The number of aromatic nitrogens is 1. The molecule has 1 aromatic heterocycles. The van der Waals surface area contributed by atoms with Gasteiger partial charge in [-0.05, 0) is 36.8 Å². The van der Waals surface area contributed by atoms with Crippen LogP contribution in [0.25, 0.3) is 0 Å². The van der Waals surface area contributed by atoms with Gasteiger partial charge in [-0.15, -0.1) is 0 Å². The predicted octanol–water partition coefficient (Wildman–Crippen LogP) is 9.38. The van der Waals surface area contributed by atoms with E-state index >= 15 is 0 Å². The Morgan fingerprint density at radius 3 is 2.24 bits per heavy atom. The highest BCUT2D eigenvalue weighted by molar-refractivity contribution is 7.07. The first kappa shape index (κ1) is 30.2. The van der Waals surface area contributed by atoms with E-state index in [0.29, 0.717) is 22.9 Å². The van der Waals surface area contributed by atoms with Crippen molar-refractivity contribution in [1.82, 2.24) is 0 Å². The quantitative estimate of drug-likeness (QED) is 0.125. The molecule has 3 aromatic rings. The molecular weight excluding hydrogens is 512 g/mol. The molecule has 0 saturated carbocycles. The topological polar surface area (TPSA) is 42.2 Å². The highest BCUT2D eigenvalue weighted by Crippen LogP contribution is 2.24. The Labute approximate surface area is 238 Å². The number of benzene rings is 2. The maximum Gasteiger partial charge on any atom is 0.257 e. The number of hydrogen-bond donors (Lipinski definition) is 1. The molecule has 0 atom stereocenters. The Hall–Kier alpha value is -2.37. The molecule has 3 rings (SSSR count). The molecule has 38 heavy (non-hydrogen) atoms. The van der Waals surface area contributed by atoms with Crippen LogP contribution in [0.15, 0.2) is 53.4 Å². The summed E-state index contributed by atoms with van der Waals surface area (Å²) >= 11 is 8.13. The molecule has 0 unspecified atom stereocenters.